The molecule has 1 saturated heterocycles. The van der Waals surface area contributed by atoms with Gasteiger partial charge in [0.1, 0.15) is 0 Å². The predicted octanol–water partition coefficient (Wildman–Crippen LogP) is 3.01. The van der Waals surface area contributed by atoms with Gasteiger partial charge in [-0.2, -0.15) is 11.8 Å². The number of hydrogen-bond donors (Lipinski definition) is 1. The highest BCUT2D eigenvalue weighted by atomic mass is 32.2. The number of nitrogens with one attached hydrogen (secondary N) is 1. The molecule has 1 heterocycles. The van der Waals surface area contributed by atoms with Crippen molar-refractivity contribution in [2.24, 2.45) is 5.92 Å². The molecule has 0 spiro atoms. The van der Waals surface area contributed by atoms with Crippen LogP contribution < -0.4 is 5.32 Å². The van der Waals surface area contributed by atoms with Gasteiger partial charge < -0.3 is 5.32 Å². The maximum Gasteiger partial charge on any atom is 0.224 e. The summed E-state index contributed by atoms with van der Waals surface area (Å²) in [6.45, 7) is 3.49. The monoisotopic (exact) mass is 390 g/mol. The molecule has 0 radical (unpaired) electrons. The van der Waals surface area contributed by atoms with Crippen LogP contribution in [0.3, 0.4) is 0 Å². The molecule has 1 aliphatic heterocycles. The Kier molecular flexibility index (Phi) is 9.07. The van der Waals surface area contributed by atoms with Gasteiger partial charge in [0.2, 0.25) is 15.9 Å². The fourth-order valence-corrected chi connectivity index (χ4v) is 6.61. The van der Waals surface area contributed by atoms with Crippen molar-refractivity contribution in [1.29, 1.82) is 0 Å². The van der Waals surface area contributed by atoms with Gasteiger partial charge in [-0.3, -0.25) is 4.79 Å². The summed E-state index contributed by atoms with van der Waals surface area (Å²) < 4.78 is 25.9. The minimum Gasteiger partial charge on any atom is -0.356 e. The third-order valence-electron chi connectivity index (χ3n) is 5.14. The van der Waals surface area contributed by atoms with Crippen molar-refractivity contribution >= 4 is 27.7 Å². The molecule has 2 rings (SSSR count). The van der Waals surface area contributed by atoms with Crippen molar-refractivity contribution in [1.82, 2.24) is 9.62 Å². The first kappa shape index (κ1) is 21.0. The van der Waals surface area contributed by atoms with Crippen LogP contribution in [0.1, 0.15) is 64.7 Å². The quantitative estimate of drug-likeness (QED) is 0.615. The summed E-state index contributed by atoms with van der Waals surface area (Å²) in [4.78, 5) is 12.4. The molecular weight excluding hydrogens is 356 g/mol. The first-order valence-electron chi connectivity index (χ1n) is 9.90. The highest BCUT2D eigenvalue weighted by Gasteiger charge is 2.31. The van der Waals surface area contributed by atoms with Crippen LogP contribution in [-0.4, -0.2) is 55.0 Å². The minimum absolute atomic E-state index is 0.0269. The molecule has 7 heteroatoms. The Morgan fingerprint density at radius 3 is 2.64 bits per heavy atom. The first-order valence-corrected chi connectivity index (χ1v) is 12.6. The second kappa shape index (κ2) is 10.8. The molecule has 1 amide bonds. The van der Waals surface area contributed by atoms with Gasteiger partial charge in [0.05, 0.1) is 11.7 Å². The summed E-state index contributed by atoms with van der Waals surface area (Å²) in [7, 11) is -3.19. The van der Waals surface area contributed by atoms with Gasteiger partial charge >= 0.3 is 0 Å². The molecule has 0 aromatic rings. The average Bonchev–Trinajstić information content (AvgIpc) is 2.62. The molecule has 0 aromatic carbocycles. The zero-order valence-corrected chi connectivity index (χ0v) is 17.2. The smallest absolute Gasteiger partial charge is 0.224 e. The normalized spacial score (nSPS) is 23.5. The van der Waals surface area contributed by atoms with Crippen LogP contribution in [0, 0.1) is 5.92 Å². The molecule has 1 atom stereocenters. The van der Waals surface area contributed by atoms with E-state index in [0.29, 0.717) is 26.1 Å². The third-order valence-corrected chi connectivity index (χ3v) is 8.65. The number of thioether (sulfide) groups is 1. The fourth-order valence-electron chi connectivity index (χ4n) is 3.71. The van der Waals surface area contributed by atoms with Crippen LogP contribution in [0.15, 0.2) is 0 Å². The summed E-state index contributed by atoms with van der Waals surface area (Å²) in [5.74, 6) is 1.12. The zero-order chi connectivity index (χ0) is 18.1. The number of nitrogens with zero attached hydrogens (tertiary/aromatic N) is 1. The van der Waals surface area contributed by atoms with Crippen molar-refractivity contribution < 1.29 is 13.2 Å². The van der Waals surface area contributed by atoms with Gasteiger partial charge in [0.25, 0.3) is 0 Å². The summed E-state index contributed by atoms with van der Waals surface area (Å²) in [5, 5.41) is 3.84. The predicted molar refractivity (Wildman–Crippen MR) is 105 cm³/mol. The lowest BCUT2D eigenvalue weighted by Gasteiger charge is -2.31. The lowest BCUT2D eigenvalue weighted by atomic mass is 9.99. The van der Waals surface area contributed by atoms with Crippen LogP contribution in [0.5, 0.6) is 0 Å². The van der Waals surface area contributed by atoms with E-state index in [4.69, 9.17) is 0 Å². The zero-order valence-electron chi connectivity index (χ0n) is 15.5. The topological polar surface area (TPSA) is 66.5 Å². The van der Waals surface area contributed by atoms with Gasteiger partial charge in [-0.1, -0.05) is 26.2 Å². The molecule has 2 fully saturated rings. The number of amides is 1. The molecular formula is C18H34N2O3S2. The van der Waals surface area contributed by atoms with Crippen LogP contribution in [-0.2, 0) is 14.8 Å². The maximum absolute atomic E-state index is 12.4. The average molecular weight is 391 g/mol. The van der Waals surface area contributed by atoms with Crippen molar-refractivity contribution in [3.63, 3.8) is 0 Å². The number of carbonyl (C=O) groups is 1. The lowest BCUT2D eigenvalue weighted by Crippen LogP contribution is -2.46. The van der Waals surface area contributed by atoms with Gasteiger partial charge in [0, 0.05) is 24.9 Å². The number of piperidine rings is 1. The summed E-state index contributed by atoms with van der Waals surface area (Å²) in [6.07, 6.45) is 10.0. The van der Waals surface area contributed by atoms with E-state index >= 15 is 0 Å². The van der Waals surface area contributed by atoms with E-state index in [1.165, 1.54) is 36.4 Å². The molecule has 1 saturated carbocycles. The minimum atomic E-state index is -3.19. The highest BCUT2D eigenvalue weighted by molar-refractivity contribution is 7.99. The Morgan fingerprint density at radius 1 is 1.16 bits per heavy atom. The number of carbonyl (C=O) groups excluding carboxylic acids is 1. The van der Waals surface area contributed by atoms with Gasteiger partial charge in [-0.05, 0) is 44.3 Å². The highest BCUT2D eigenvalue weighted by Crippen LogP contribution is 2.28. The van der Waals surface area contributed by atoms with E-state index < -0.39 is 10.0 Å². The SMILES string of the molecule is CCCS(=O)(=O)N1CCCC(C(=O)NCCCSC2CCCCC2)C1. The van der Waals surface area contributed by atoms with Crippen molar-refractivity contribution in [2.75, 3.05) is 31.1 Å². The van der Waals surface area contributed by atoms with Crippen molar-refractivity contribution in [3.05, 3.63) is 0 Å². The van der Waals surface area contributed by atoms with E-state index in [0.717, 1.165) is 30.3 Å². The van der Waals surface area contributed by atoms with Gasteiger partial charge in [0.15, 0.2) is 0 Å². The Hall–Kier alpha value is -0.270. The molecule has 2 aliphatic rings. The van der Waals surface area contributed by atoms with E-state index in [-0.39, 0.29) is 17.6 Å². The fraction of sp³-hybridized carbons (Fsp3) is 0.944. The number of hydrogen-bond acceptors (Lipinski definition) is 4. The Bertz CT molecular complexity index is 504. The van der Waals surface area contributed by atoms with E-state index in [1.54, 1.807) is 0 Å². The van der Waals surface area contributed by atoms with Crippen LogP contribution >= 0.6 is 11.8 Å². The molecule has 1 N–H and O–H groups in total. The molecule has 146 valence electrons. The Balaban J connectivity index is 1.64. The molecule has 0 aromatic heterocycles. The second-order valence-electron chi connectivity index (χ2n) is 7.29. The van der Waals surface area contributed by atoms with Crippen LogP contribution in [0.25, 0.3) is 0 Å². The summed E-state index contributed by atoms with van der Waals surface area (Å²) in [6, 6.07) is 0. The summed E-state index contributed by atoms with van der Waals surface area (Å²) >= 11 is 2.05. The molecule has 0 bridgehead atoms. The molecule has 5 nitrogen and oxygen atoms in total. The van der Waals surface area contributed by atoms with E-state index in [1.807, 2.05) is 6.92 Å². The molecule has 1 aliphatic carbocycles. The standard InChI is InChI=1S/C18H34N2O3S2/c1-2-14-25(22,23)20-12-6-8-16(15-20)18(21)19-11-7-13-24-17-9-4-3-5-10-17/h16-17H,2-15H2,1H3,(H,19,21). The largest absolute Gasteiger partial charge is 0.356 e. The first-order chi connectivity index (χ1) is 12.0. The summed E-state index contributed by atoms with van der Waals surface area (Å²) in [5.41, 5.74) is 0. The van der Waals surface area contributed by atoms with Gasteiger partial charge in [-0.25, -0.2) is 12.7 Å². The van der Waals surface area contributed by atoms with Crippen molar-refractivity contribution in [3.8, 4) is 0 Å². The van der Waals surface area contributed by atoms with Gasteiger partial charge in [-0.15, -0.1) is 0 Å². The number of sulfonamides is 1. The maximum atomic E-state index is 12.4. The Morgan fingerprint density at radius 2 is 1.92 bits per heavy atom. The number of rotatable bonds is 9. The van der Waals surface area contributed by atoms with E-state index in [2.05, 4.69) is 17.1 Å². The second-order valence-corrected chi connectivity index (χ2v) is 10.8. The molecule has 1 unspecified atom stereocenters. The van der Waals surface area contributed by atoms with Crippen LogP contribution in [0.2, 0.25) is 0 Å². The lowest BCUT2D eigenvalue weighted by molar-refractivity contribution is -0.126. The third kappa shape index (κ3) is 7.10. The molecule has 25 heavy (non-hydrogen) atoms. The van der Waals surface area contributed by atoms with E-state index in [9.17, 15) is 13.2 Å². The van der Waals surface area contributed by atoms with Crippen LogP contribution in [0.4, 0.5) is 0 Å². The Labute approximate surface area is 157 Å². The van der Waals surface area contributed by atoms with Crippen molar-refractivity contribution in [2.45, 2.75) is 70.0 Å².